The van der Waals surface area contributed by atoms with E-state index in [1.165, 1.54) is 0 Å². The van der Waals surface area contributed by atoms with Gasteiger partial charge in [0, 0.05) is 26.8 Å². The average molecular weight is 218 g/mol. The third-order valence-electron chi connectivity index (χ3n) is 2.19. The Morgan fingerprint density at radius 3 is 2.40 bits per heavy atom. The van der Waals surface area contributed by atoms with Gasteiger partial charge in [0.1, 0.15) is 0 Å². The van der Waals surface area contributed by atoms with Crippen LogP contribution in [0.25, 0.3) is 0 Å². The summed E-state index contributed by atoms with van der Waals surface area (Å²) in [5.74, 6) is 0. The molecule has 0 unspecified atom stereocenters. The standard InChI is InChI=1S/C11H26N2O2/c1-3-9-15-11-8-13(6-4-5-12)7-10-14-2/h3-12H2,1-2H3. The second-order valence-electron chi connectivity index (χ2n) is 3.59. The number of hydrogen-bond donors (Lipinski definition) is 1. The van der Waals surface area contributed by atoms with E-state index in [4.69, 9.17) is 15.2 Å². The molecule has 0 fully saturated rings. The van der Waals surface area contributed by atoms with Crippen LogP contribution in [0.3, 0.4) is 0 Å². The van der Waals surface area contributed by atoms with E-state index < -0.39 is 0 Å². The fraction of sp³-hybridized carbons (Fsp3) is 1.00. The number of ether oxygens (including phenoxy) is 2. The van der Waals surface area contributed by atoms with E-state index in [0.29, 0.717) is 0 Å². The lowest BCUT2D eigenvalue weighted by Crippen LogP contribution is -2.32. The van der Waals surface area contributed by atoms with Crippen LogP contribution in [0.15, 0.2) is 0 Å². The zero-order valence-electron chi connectivity index (χ0n) is 10.2. The van der Waals surface area contributed by atoms with Crippen LogP contribution in [-0.4, -0.2) is 58.0 Å². The fourth-order valence-electron chi connectivity index (χ4n) is 1.31. The van der Waals surface area contributed by atoms with Crippen molar-refractivity contribution in [1.82, 2.24) is 4.90 Å². The van der Waals surface area contributed by atoms with E-state index in [0.717, 1.165) is 58.8 Å². The molecule has 0 rings (SSSR count). The van der Waals surface area contributed by atoms with E-state index >= 15 is 0 Å². The Morgan fingerprint density at radius 2 is 1.80 bits per heavy atom. The first-order valence-corrected chi connectivity index (χ1v) is 5.84. The second-order valence-corrected chi connectivity index (χ2v) is 3.59. The van der Waals surface area contributed by atoms with Gasteiger partial charge in [0.25, 0.3) is 0 Å². The molecule has 0 spiro atoms. The van der Waals surface area contributed by atoms with Gasteiger partial charge in [-0.15, -0.1) is 0 Å². The molecule has 92 valence electrons. The summed E-state index contributed by atoms with van der Waals surface area (Å²) in [6.07, 6.45) is 2.12. The Bertz CT molecular complexity index is 115. The summed E-state index contributed by atoms with van der Waals surface area (Å²) in [6.45, 7) is 8.29. The molecular formula is C11H26N2O2. The molecule has 0 aromatic heterocycles. The van der Waals surface area contributed by atoms with Crippen LogP contribution in [0.5, 0.6) is 0 Å². The van der Waals surface area contributed by atoms with Crippen LogP contribution in [0.1, 0.15) is 19.8 Å². The maximum Gasteiger partial charge on any atom is 0.0593 e. The van der Waals surface area contributed by atoms with E-state index in [-0.39, 0.29) is 0 Å². The molecule has 0 aliphatic rings. The van der Waals surface area contributed by atoms with Gasteiger partial charge >= 0.3 is 0 Å². The van der Waals surface area contributed by atoms with Gasteiger partial charge < -0.3 is 15.2 Å². The number of nitrogens with two attached hydrogens (primary N) is 1. The normalized spacial score (nSPS) is 11.2. The summed E-state index contributed by atoms with van der Waals surface area (Å²) in [7, 11) is 1.73. The average Bonchev–Trinajstić information content (AvgIpc) is 2.27. The first-order chi connectivity index (χ1) is 7.35. The molecule has 2 N–H and O–H groups in total. The van der Waals surface area contributed by atoms with Crippen LogP contribution >= 0.6 is 0 Å². The van der Waals surface area contributed by atoms with Crippen LogP contribution in [-0.2, 0) is 9.47 Å². The highest BCUT2D eigenvalue weighted by Crippen LogP contribution is 1.92. The minimum absolute atomic E-state index is 0.749. The molecule has 0 aliphatic heterocycles. The minimum Gasteiger partial charge on any atom is -0.383 e. The van der Waals surface area contributed by atoms with Crippen molar-refractivity contribution in [3.05, 3.63) is 0 Å². The zero-order valence-corrected chi connectivity index (χ0v) is 10.2. The Morgan fingerprint density at radius 1 is 1.07 bits per heavy atom. The molecule has 4 nitrogen and oxygen atoms in total. The third kappa shape index (κ3) is 10.1. The molecule has 0 saturated heterocycles. The monoisotopic (exact) mass is 218 g/mol. The van der Waals surface area contributed by atoms with E-state index in [1.54, 1.807) is 7.11 Å². The molecule has 0 heterocycles. The molecule has 4 heteroatoms. The van der Waals surface area contributed by atoms with Gasteiger partial charge in [0.05, 0.1) is 13.2 Å². The number of hydrogen-bond acceptors (Lipinski definition) is 4. The van der Waals surface area contributed by atoms with Gasteiger partial charge in [0.15, 0.2) is 0 Å². The van der Waals surface area contributed by atoms with Crippen LogP contribution in [0.2, 0.25) is 0 Å². The summed E-state index contributed by atoms with van der Waals surface area (Å²) < 4.78 is 10.5. The maximum absolute atomic E-state index is 5.49. The molecule has 0 amide bonds. The minimum atomic E-state index is 0.749. The summed E-state index contributed by atoms with van der Waals surface area (Å²) in [5, 5.41) is 0. The predicted molar refractivity (Wildman–Crippen MR) is 63.1 cm³/mol. The topological polar surface area (TPSA) is 47.7 Å². The van der Waals surface area contributed by atoms with Crippen molar-refractivity contribution in [2.45, 2.75) is 19.8 Å². The quantitative estimate of drug-likeness (QED) is 0.519. The summed E-state index contributed by atoms with van der Waals surface area (Å²) >= 11 is 0. The lowest BCUT2D eigenvalue weighted by atomic mass is 10.3. The molecule has 0 atom stereocenters. The zero-order chi connectivity index (χ0) is 11.4. The number of rotatable bonds is 11. The highest BCUT2D eigenvalue weighted by Gasteiger charge is 2.03. The molecule has 0 aromatic carbocycles. The van der Waals surface area contributed by atoms with E-state index in [9.17, 15) is 0 Å². The molecule has 0 radical (unpaired) electrons. The molecular weight excluding hydrogens is 192 g/mol. The van der Waals surface area contributed by atoms with Crippen molar-refractivity contribution in [2.75, 3.05) is 53.1 Å². The molecule has 0 aromatic rings. The largest absolute Gasteiger partial charge is 0.383 e. The van der Waals surface area contributed by atoms with Crippen LogP contribution < -0.4 is 5.73 Å². The number of nitrogens with zero attached hydrogens (tertiary/aromatic N) is 1. The molecule has 0 bridgehead atoms. The second kappa shape index (κ2) is 11.9. The maximum atomic E-state index is 5.49. The Balaban J connectivity index is 3.49. The lowest BCUT2D eigenvalue weighted by Gasteiger charge is -2.21. The van der Waals surface area contributed by atoms with Crippen molar-refractivity contribution in [2.24, 2.45) is 5.73 Å². The Labute approximate surface area is 93.7 Å². The van der Waals surface area contributed by atoms with Gasteiger partial charge in [-0.25, -0.2) is 0 Å². The first-order valence-electron chi connectivity index (χ1n) is 5.84. The highest BCUT2D eigenvalue weighted by molar-refractivity contribution is 4.57. The van der Waals surface area contributed by atoms with E-state index in [1.807, 2.05) is 0 Å². The van der Waals surface area contributed by atoms with Gasteiger partial charge in [-0.2, -0.15) is 0 Å². The van der Waals surface area contributed by atoms with Crippen LogP contribution in [0.4, 0.5) is 0 Å². The molecule has 0 saturated carbocycles. The lowest BCUT2D eigenvalue weighted by molar-refractivity contribution is 0.0883. The van der Waals surface area contributed by atoms with E-state index in [2.05, 4.69) is 11.8 Å². The van der Waals surface area contributed by atoms with Crippen molar-refractivity contribution in [3.63, 3.8) is 0 Å². The number of methoxy groups -OCH3 is 1. The van der Waals surface area contributed by atoms with Gasteiger partial charge in [-0.1, -0.05) is 6.92 Å². The third-order valence-corrected chi connectivity index (χ3v) is 2.19. The van der Waals surface area contributed by atoms with Crippen molar-refractivity contribution in [3.8, 4) is 0 Å². The highest BCUT2D eigenvalue weighted by atomic mass is 16.5. The Hall–Kier alpha value is -0.160. The van der Waals surface area contributed by atoms with Gasteiger partial charge in [0.2, 0.25) is 0 Å². The van der Waals surface area contributed by atoms with Crippen molar-refractivity contribution >= 4 is 0 Å². The van der Waals surface area contributed by atoms with Crippen molar-refractivity contribution < 1.29 is 9.47 Å². The first kappa shape index (κ1) is 14.8. The van der Waals surface area contributed by atoms with Crippen LogP contribution in [0, 0.1) is 0 Å². The Kier molecular flexibility index (Phi) is 11.8. The smallest absolute Gasteiger partial charge is 0.0593 e. The fourth-order valence-corrected chi connectivity index (χ4v) is 1.31. The van der Waals surface area contributed by atoms with Gasteiger partial charge in [-0.3, -0.25) is 4.90 Å². The summed E-state index contributed by atoms with van der Waals surface area (Å²) in [5.41, 5.74) is 5.49. The van der Waals surface area contributed by atoms with Gasteiger partial charge in [-0.05, 0) is 25.9 Å². The van der Waals surface area contributed by atoms with Crippen molar-refractivity contribution in [1.29, 1.82) is 0 Å². The predicted octanol–water partition coefficient (Wildman–Crippen LogP) is 0.710. The molecule has 0 aliphatic carbocycles. The molecule has 15 heavy (non-hydrogen) atoms. The summed E-state index contributed by atoms with van der Waals surface area (Å²) in [6, 6.07) is 0. The summed E-state index contributed by atoms with van der Waals surface area (Å²) in [4.78, 5) is 2.34. The SMILES string of the molecule is CCCOCCN(CCCN)CCOC.